The third-order valence-electron chi connectivity index (χ3n) is 2.23. The van der Waals surface area contributed by atoms with Crippen LogP contribution in [0.25, 0.3) is 0 Å². The van der Waals surface area contributed by atoms with Crippen molar-refractivity contribution in [1.82, 2.24) is 0 Å². The number of rotatable bonds is 6. The lowest BCUT2D eigenvalue weighted by Crippen LogP contribution is -2.19. The maximum atomic E-state index is 11.7. The highest BCUT2D eigenvalue weighted by atomic mass is 79.9. The van der Waals surface area contributed by atoms with Crippen LogP contribution in [0.2, 0.25) is 0 Å². The summed E-state index contributed by atoms with van der Waals surface area (Å²) in [7, 11) is -0.863. The van der Waals surface area contributed by atoms with Gasteiger partial charge < -0.3 is 9.47 Å². The molecule has 0 heterocycles. The number of benzene rings is 1. The standard InChI is InChI=1S/C11H14BrNO5S/c1-17-10-4-3-8(7-9(10)12)13-19(15,16)6-5-11(14)18-2/h3-4,7,13H,5-6H2,1-2H3. The Balaban J connectivity index is 2.73. The quantitative estimate of drug-likeness (QED) is 0.789. The van der Waals surface area contributed by atoms with Crippen molar-refractivity contribution in [3.63, 3.8) is 0 Å². The molecule has 0 atom stereocenters. The molecule has 0 unspecified atom stereocenters. The Hall–Kier alpha value is -1.28. The Morgan fingerprint density at radius 2 is 2.05 bits per heavy atom. The van der Waals surface area contributed by atoms with Crippen LogP contribution < -0.4 is 9.46 Å². The second-order valence-electron chi connectivity index (χ2n) is 3.60. The largest absolute Gasteiger partial charge is 0.496 e. The molecule has 1 aromatic carbocycles. The predicted molar refractivity (Wildman–Crippen MR) is 74.7 cm³/mol. The smallest absolute Gasteiger partial charge is 0.306 e. The van der Waals surface area contributed by atoms with Gasteiger partial charge in [-0.2, -0.15) is 0 Å². The van der Waals surface area contributed by atoms with E-state index in [4.69, 9.17) is 4.74 Å². The van der Waals surface area contributed by atoms with E-state index < -0.39 is 16.0 Å². The fraction of sp³-hybridized carbons (Fsp3) is 0.364. The molecule has 0 saturated carbocycles. The average molecular weight is 352 g/mol. The number of anilines is 1. The number of hydrogen-bond donors (Lipinski definition) is 1. The molecule has 1 N–H and O–H groups in total. The Kier molecular flexibility index (Phi) is 5.61. The molecule has 106 valence electrons. The zero-order valence-corrected chi connectivity index (χ0v) is 12.9. The van der Waals surface area contributed by atoms with E-state index in [2.05, 4.69) is 25.4 Å². The lowest BCUT2D eigenvalue weighted by molar-refractivity contribution is -0.140. The number of esters is 1. The molecule has 0 fully saturated rings. The highest BCUT2D eigenvalue weighted by Gasteiger charge is 2.14. The predicted octanol–water partition coefficient (Wildman–Crippen LogP) is 1.76. The van der Waals surface area contributed by atoms with E-state index in [1.54, 1.807) is 18.2 Å². The Bertz CT molecular complexity index is 558. The molecule has 0 amide bonds. The third-order valence-corrected chi connectivity index (χ3v) is 4.14. The molecule has 0 bridgehead atoms. The van der Waals surface area contributed by atoms with Gasteiger partial charge in [0.2, 0.25) is 10.0 Å². The van der Waals surface area contributed by atoms with Crippen LogP contribution >= 0.6 is 15.9 Å². The average Bonchev–Trinajstić information content (AvgIpc) is 2.36. The van der Waals surface area contributed by atoms with Crippen molar-refractivity contribution < 1.29 is 22.7 Å². The van der Waals surface area contributed by atoms with E-state index in [0.29, 0.717) is 15.9 Å². The van der Waals surface area contributed by atoms with Gasteiger partial charge in [-0.25, -0.2) is 8.42 Å². The van der Waals surface area contributed by atoms with Gasteiger partial charge in [0.25, 0.3) is 0 Å². The van der Waals surface area contributed by atoms with Crippen molar-refractivity contribution in [2.24, 2.45) is 0 Å². The van der Waals surface area contributed by atoms with Crippen molar-refractivity contribution in [3.05, 3.63) is 22.7 Å². The lowest BCUT2D eigenvalue weighted by Gasteiger charge is -2.09. The molecule has 0 aromatic heterocycles. The fourth-order valence-corrected chi connectivity index (χ4v) is 2.84. The van der Waals surface area contributed by atoms with Crippen molar-refractivity contribution >= 4 is 37.6 Å². The third kappa shape index (κ3) is 5.07. The molecule has 1 aromatic rings. The van der Waals surface area contributed by atoms with Crippen LogP contribution in [0.1, 0.15) is 6.42 Å². The molecule has 0 aliphatic heterocycles. The summed E-state index contributed by atoms with van der Waals surface area (Å²) in [4.78, 5) is 10.9. The Morgan fingerprint density at radius 1 is 1.37 bits per heavy atom. The molecule has 8 heteroatoms. The number of carbonyl (C=O) groups is 1. The van der Waals surface area contributed by atoms with Crippen LogP contribution in [-0.4, -0.2) is 34.4 Å². The van der Waals surface area contributed by atoms with Crippen molar-refractivity contribution in [2.45, 2.75) is 6.42 Å². The molecular formula is C11H14BrNO5S. The van der Waals surface area contributed by atoms with Crippen LogP contribution in [-0.2, 0) is 19.6 Å². The normalized spacial score (nSPS) is 10.9. The van der Waals surface area contributed by atoms with Gasteiger partial charge in [0.15, 0.2) is 0 Å². The van der Waals surface area contributed by atoms with Crippen LogP contribution in [0.3, 0.4) is 0 Å². The minimum atomic E-state index is -3.59. The summed E-state index contributed by atoms with van der Waals surface area (Å²) in [6.45, 7) is 0. The zero-order valence-electron chi connectivity index (χ0n) is 10.5. The molecule has 1 rings (SSSR count). The molecule has 6 nitrogen and oxygen atoms in total. The monoisotopic (exact) mass is 351 g/mol. The van der Waals surface area contributed by atoms with Gasteiger partial charge in [-0.1, -0.05) is 0 Å². The first kappa shape index (κ1) is 15.8. The Morgan fingerprint density at radius 3 is 2.58 bits per heavy atom. The minimum absolute atomic E-state index is 0.191. The first-order valence-corrected chi connectivity index (χ1v) is 7.73. The highest BCUT2D eigenvalue weighted by Crippen LogP contribution is 2.28. The van der Waals surface area contributed by atoms with Crippen LogP contribution in [0.5, 0.6) is 5.75 Å². The second-order valence-corrected chi connectivity index (χ2v) is 6.29. The van der Waals surface area contributed by atoms with Crippen LogP contribution in [0.15, 0.2) is 22.7 Å². The van der Waals surface area contributed by atoms with Crippen molar-refractivity contribution in [2.75, 3.05) is 24.7 Å². The zero-order chi connectivity index (χ0) is 14.5. The van der Waals surface area contributed by atoms with E-state index in [1.165, 1.54) is 14.2 Å². The number of sulfonamides is 1. The van der Waals surface area contributed by atoms with Gasteiger partial charge in [-0.3, -0.25) is 9.52 Å². The van der Waals surface area contributed by atoms with Gasteiger partial charge in [-0.15, -0.1) is 0 Å². The first-order valence-electron chi connectivity index (χ1n) is 5.29. The Labute approximate surface area is 120 Å². The summed E-state index contributed by atoms with van der Waals surface area (Å²) < 4.78 is 35.9. The van der Waals surface area contributed by atoms with Gasteiger partial charge in [0, 0.05) is 5.69 Å². The summed E-state index contributed by atoms with van der Waals surface area (Å²) in [5, 5.41) is 0. The minimum Gasteiger partial charge on any atom is -0.496 e. The summed E-state index contributed by atoms with van der Waals surface area (Å²) >= 11 is 3.25. The summed E-state index contributed by atoms with van der Waals surface area (Å²) in [6, 6.07) is 4.77. The number of carbonyl (C=O) groups excluding carboxylic acids is 1. The van der Waals surface area contributed by atoms with Gasteiger partial charge in [0.1, 0.15) is 5.75 Å². The maximum absolute atomic E-state index is 11.7. The fourth-order valence-electron chi connectivity index (χ4n) is 1.28. The molecule has 0 aliphatic carbocycles. The number of ether oxygens (including phenoxy) is 2. The highest BCUT2D eigenvalue weighted by molar-refractivity contribution is 9.10. The van der Waals surface area contributed by atoms with Crippen molar-refractivity contribution in [3.8, 4) is 5.75 Å². The SMILES string of the molecule is COC(=O)CCS(=O)(=O)Nc1ccc(OC)c(Br)c1. The molecule has 19 heavy (non-hydrogen) atoms. The van der Waals surface area contributed by atoms with Gasteiger partial charge in [0.05, 0.1) is 30.9 Å². The molecule has 0 radical (unpaired) electrons. The summed E-state index contributed by atoms with van der Waals surface area (Å²) in [6.07, 6.45) is -0.191. The van der Waals surface area contributed by atoms with E-state index in [0.717, 1.165) is 0 Å². The second kappa shape index (κ2) is 6.76. The lowest BCUT2D eigenvalue weighted by atomic mass is 10.3. The number of hydrogen-bond acceptors (Lipinski definition) is 5. The van der Waals surface area contributed by atoms with Crippen LogP contribution in [0.4, 0.5) is 5.69 Å². The van der Waals surface area contributed by atoms with E-state index >= 15 is 0 Å². The summed E-state index contributed by atoms with van der Waals surface area (Å²) in [5.74, 6) is -0.303. The van der Waals surface area contributed by atoms with Crippen LogP contribution in [0, 0.1) is 0 Å². The molecule has 0 spiro atoms. The van der Waals surface area contributed by atoms with E-state index in [1.807, 2.05) is 0 Å². The molecular weight excluding hydrogens is 338 g/mol. The summed E-state index contributed by atoms with van der Waals surface area (Å²) in [5.41, 5.74) is 0.387. The molecule has 0 aliphatic rings. The molecule has 0 saturated heterocycles. The van der Waals surface area contributed by atoms with E-state index in [9.17, 15) is 13.2 Å². The number of nitrogens with one attached hydrogen (secondary N) is 1. The van der Waals surface area contributed by atoms with Crippen molar-refractivity contribution in [1.29, 1.82) is 0 Å². The topological polar surface area (TPSA) is 81.7 Å². The van der Waals surface area contributed by atoms with Gasteiger partial charge >= 0.3 is 5.97 Å². The first-order chi connectivity index (χ1) is 8.88. The number of methoxy groups -OCH3 is 2. The number of halogens is 1. The maximum Gasteiger partial charge on any atom is 0.306 e. The van der Waals surface area contributed by atoms with Gasteiger partial charge in [-0.05, 0) is 34.1 Å². The van der Waals surface area contributed by atoms with E-state index in [-0.39, 0.29) is 12.2 Å².